The lowest BCUT2D eigenvalue weighted by Crippen LogP contribution is -2.24. The van der Waals surface area contributed by atoms with Gasteiger partial charge in [0.25, 0.3) is 0 Å². The van der Waals surface area contributed by atoms with E-state index in [2.05, 4.69) is 17.1 Å². The van der Waals surface area contributed by atoms with Gasteiger partial charge < -0.3 is 9.64 Å². The molecule has 2 aromatic carbocycles. The maximum Gasteiger partial charge on any atom is 0.188 e. The van der Waals surface area contributed by atoms with Gasteiger partial charge in [-0.15, -0.1) is 0 Å². The molecule has 0 radical (unpaired) electrons. The minimum Gasteiger partial charge on any atom is -0.497 e. The Balaban J connectivity index is 1.82. The molecule has 3 nitrogen and oxygen atoms in total. The second-order valence-corrected chi connectivity index (χ2v) is 6.75. The van der Waals surface area contributed by atoms with E-state index in [4.69, 9.17) is 16.3 Å². The average Bonchev–Trinajstić information content (AvgIpc) is 2.77. The van der Waals surface area contributed by atoms with Crippen molar-refractivity contribution in [2.45, 2.75) is 13.0 Å². The normalized spacial score (nSPS) is 15.6. The molecule has 0 spiro atoms. The molecule has 4 rings (SSSR count). The van der Waals surface area contributed by atoms with Crippen LogP contribution in [0.5, 0.6) is 5.75 Å². The monoisotopic (exact) mass is 363 g/mol. The Kier molecular flexibility index (Phi) is 4.39. The number of halogens is 1. The van der Waals surface area contributed by atoms with Crippen molar-refractivity contribution in [1.82, 2.24) is 0 Å². The maximum atomic E-state index is 12.8. The number of hydrogen-bond donors (Lipinski definition) is 0. The zero-order valence-corrected chi connectivity index (χ0v) is 15.2. The summed E-state index contributed by atoms with van der Waals surface area (Å²) in [7, 11) is 1.66. The Labute approximate surface area is 157 Å². The Morgan fingerprint density at radius 3 is 2.73 bits per heavy atom. The van der Waals surface area contributed by atoms with Crippen LogP contribution < -0.4 is 9.64 Å². The van der Waals surface area contributed by atoms with E-state index in [9.17, 15) is 4.79 Å². The third-order valence-electron chi connectivity index (χ3n) is 4.67. The smallest absolute Gasteiger partial charge is 0.188 e. The van der Waals surface area contributed by atoms with Crippen LogP contribution in [0.4, 0.5) is 5.69 Å². The molecule has 1 heterocycles. The summed E-state index contributed by atoms with van der Waals surface area (Å²) < 4.78 is 5.25. The van der Waals surface area contributed by atoms with Crippen molar-refractivity contribution in [3.8, 4) is 5.75 Å². The van der Waals surface area contributed by atoms with E-state index in [1.54, 1.807) is 19.3 Å². The summed E-state index contributed by atoms with van der Waals surface area (Å²) in [5.41, 5.74) is 4.73. The van der Waals surface area contributed by atoms with Crippen molar-refractivity contribution < 1.29 is 9.53 Å². The number of rotatable bonds is 3. The number of nitrogens with zero attached hydrogens (tertiary/aromatic N) is 1. The van der Waals surface area contributed by atoms with Crippen molar-refractivity contribution in [2.24, 2.45) is 0 Å². The van der Waals surface area contributed by atoms with E-state index in [0.29, 0.717) is 17.1 Å². The number of fused-ring (bicyclic) bond motifs is 2. The molecule has 0 unspecified atom stereocenters. The van der Waals surface area contributed by atoms with Gasteiger partial charge in [-0.05, 0) is 60.0 Å². The molecular formula is C22H18ClNO2. The molecule has 0 aromatic heterocycles. The van der Waals surface area contributed by atoms with E-state index in [0.717, 1.165) is 34.7 Å². The quantitative estimate of drug-likeness (QED) is 0.739. The number of allylic oxidation sites excluding steroid dienone is 5. The number of ketones is 1. The minimum atomic E-state index is -0.00377. The number of anilines is 1. The van der Waals surface area contributed by atoms with Crippen molar-refractivity contribution in [1.29, 1.82) is 0 Å². The lowest BCUT2D eigenvalue weighted by molar-refractivity contribution is 0.104. The van der Waals surface area contributed by atoms with Crippen LogP contribution in [0.3, 0.4) is 0 Å². The Hall–Kier alpha value is -2.78. The predicted octanol–water partition coefficient (Wildman–Crippen LogP) is 5.32. The van der Waals surface area contributed by atoms with Gasteiger partial charge in [-0.3, -0.25) is 4.79 Å². The van der Waals surface area contributed by atoms with Gasteiger partial charge in [-0.25, -0.2) is 0 Å². The third-order valence-corrected chi connectivity index (χ3v) is 4.90. The topological polar surface area (TPSA) is 29.5 Å². The van der Waals surface area contributed by atoms with E-state index >= 15 is 0 Å². The number of methoxy groups -OCH3 is 1. The maximum absolute atomic E-state index is 12.8. The van der Waals surface area contributed by atoms with Crippen molar-refractivity contribution in [3.05, 3.63) is 94.2 Å². The zero-order valence-electron chi connectivity index (χ0n) is 14.4. The van der Waals surface area contributed by atoms with Crippen LogP contribution in [0.15, 0.2) is 78.0 Å². The zero-order chi connectivity index (χ0) is 18.1. The molecule has 0 bridgehead atoms. The second kappa shape index (κ2) is 6.85. The van der Waals surface area contributed by atoms with Crippen molar-refractivity contribution >= 4 is 23.1 Å². The fraction of sp³-hybridized carbons (Fsp3) is 0.136. The SMILES string of the molecule is COc1ccc(CN2C3=CC=CCC3=CC(=O)c3cc(Cl)ccc32)cc1. The predicted molar refractivity (Wildman–Crippen MR) is 105 cm³/mol. The van der Waals surface area contributed by atoms with Crippen LogP contribution in [0.2, 0.25) is 5.02 Å². The van der Waals surface area contributed by atoms with Gasteiger partial charge in [-0.1, -0.05) is 35.9 Å². The molecule has 1 aliphatic carbocycles. The lowest BCUT2D eigenvalue weighted by atomic mass is 10.0. The summed E-state index contributed by atoms with van der Waals surface area (Å²) in [5, 5.41) is 0.567. The van der Waals surface area contributed by atoms with Crippen LogP contribution >= 0.6 is 11.6 Å². The highest BCUT2D eigenvalue weighted by Gasteiger charge is 2.26. The summed E-state index contributed by atoms with van der Waals surface area (Å²) in [6, 6.07) is 13.5. The molecule has 2 aliphatic rings. The summed E-state index contributed by atoms with van der Waals surface area (Å²) in [6.45, 7) is 0.656. The third kappa shape index (κ3) is 3.06. The molecule has 4 heteroatoms. The number of carbonyl (C=O) groups excluding carboxylic acids is 1. The van der Waals surface area contributed by atoms with Gasteiger partial charge in [0.05, 0.1) is 12.8 Å². The molecule has 0 atom stereocenters. The Bertz CT molecular complexity index is 955. The van der Waals surface area contributed by atoms with Crippen molar-refractivity contribution in [2.75, 3.05) is 12.0 Å². The highest BCUT2D eigenvalue weighted by atomic mass is 35.5. The van der Waals surface area contributed by atoms with Crippen LogP contribution in [0.25, 0.3) is 0 Å². The van der Waals surface area contributed by atoms with Gasteiger partial charge >= 0.3 is 0 Å². The van der Waals surface area contributed by atoms with E-state index < -0.39 is 0 Å². The standard InChI is InChI=1S/C22H18ClNO2/c1-26-18-9-6-15(7-10-18)14-24-20-5-3-2-4-16(20)12-22(25)19-13-17(23)8-11-21(19)24/h2-3,5-13H,4,14H2,1H3. The Morgan fingerprint density at radius 2 is 1.96 bits per heavy atom. The van der Waals surface area contributed by atoms with E-state index in [-0.39, 0.29) is 5.78 Å². The molecule has 130 valence electrons. The molecule has 0 saturated heterocycles. The highest BCUT2D eigenvalue weighted by Crippen LogP contribution is 2.37. The molecule has 0 fully saturated rings. The first kappa shape index (κ1) is 16.7. The van der Waals surface area contributed by atoms with E-state index in [1.807, 2.05) is 42.5 Å². The lowest BCUT2D eigenvalue weighted by Gasteiger charge is -2.29. The fourth-order valence-corrected chi connectivity index (χ4v) is 3.52. The Morgan fingerprint density at radius 1 is 1.15 bits per heavy atom. The van der Waals surface area contributed by atoms with Crippen LogP contribution in [0.1, 0.15) is 22.3 Å². The van der Waals surface area contributed by atoms with Gasteiger partial charge in [-0.2, -0.15) is 0 Å². The largest absolute Gasteiger partial charge is 0.497 e. The first-order valence-corrected chi connectivity index (χ1v) is 8.85. The molecule has 26 heavy (non-hydrogen) atoms. The van der Waals surface area contributed by atoms with Crippen LogP contribution in [0, 0.1) is 0 Å². The summed E-state index contributed by atoms with van der Waals surface area (Å²) in [6.07, 6.45) is 8.66. The summed E-state index contributed by atoms with van der Waals surface area (Å²) >= 11 is 6.16. The number of carbonyl (C=O) groups is 1. The second-order valence-electron chi connectivity index (χ2n) is 6.31. The summed E-state index contributed by atoms with van der Waals surface area (Å²) in [5.74, 6) is 0.823. The summed E-state index contributed by atoms with van der Waals surface area (Å²) in [4.78, 5) is 15.0. The van der Waals surface area contributed by atoms with Gasteiger partial charge in [0.2, 0.25) is 0 Å². The fourth-order valence-electron chi connectivity index (χ4n) is 3.35. The van der Waals surface area contributed by atoms with Gasteiger partial charge in [0, 0.05) is 22.8 Å². The molecule has 2 aromatic rings. The molecule has 0 N–H and O–H groups in total. The molecule has 0 amide bonds. The minimum absolute atomic E-state index is 0.00377. The number of ether oxygens (including phenoxy) is 1. The van der Waals surface area contributed by atoms with E-state index in [1.165, 1.54) is 0 Å². The average molecular weight is 364 g/mol. The van der Waals surface area contributed by atoms with Crippen molar-refractivity contribution in [3.63, 3.8) is 0 Å². The molecular weight excluding hydrogens is 346 g/mol. The van der Waals surface area contributed by atoms with Crippen LogP contribution in [-0.4, -0.2) is 12.9 Å². The van der Waals surface area contributed by atoms with Gasteiger partial charge in [0.15, 0.2) is 5.78 Å². The number of hydrogen-bond acceptors (Lipinski definition) is 3. The highest BCUT2D eigenvalue weighted by molar-refractivity contribution is 6.31. The first-order valence-electron chi connectivity index (χ1n) is 8.48. The number of benzene rings is 2. The molecule has 1 aliphatic heterocycles. The van der Waals surface area contributed by atoms with Gasteiger partial charge in [0.1, 0.15) is 5.75 Å². The van der Waals surface area contributed by atoms with Crippen LogP contribution in [-0.2, 0) is 6.54 Å². The molecule has 0 saturated carbocycles. The first-order chi connectivity index (χ1) is 12.7.